The third-order valence-electron chi connectivity index (χ3n) is 5.36. The number of nitrogens with zero attached hydrogens (tertiary/aromatic N) is 7. The molecule has 34 heavy (non-hydrogen) atoms. The van der Waals surface area contributed by atoms with E-state index in [1.165, 1.54) is 16.8 Å². The number of hydrogen-bond acceptors (Lipinski definition) is 7. The Morgan fingerprint density at radius 1 is 1.09 bits per heavy atom. The van der Waals surface area contributed by atoms with Crippen LogP contribution in [0.1, 0.15) is 21.7 Å². The van der Waals surface area contributed by atoms with E-state index < -0.39 is 10.8 Å². The standard InChI is InChI=1S/C23H18N8O3/c1-15-22(27-28-30(15)17-5-4-6-18(11-17)31(33)34)23(32)25-13-16-9-10-21(24-12-16)29-14-26-19-7-2-3-8-20(19)29/h2-12,14H,13H2,1H3,(H,25,32). The lowest BCUT2D eigenvalue weighted by Gasteiger charge is -2.07. The number of para-hydroxylation sites is 2. The van der Waals surface area contributed by atoms with E-state index in [2.05, 4.69) is 25.6 Å². The molecule has 0 radical (unpaired) electrons. The number of nitro benzene ring substituents is 1. The highest BCUT2D eigenvalue weighted by atomic mass is 16.6. The highest BCUT2D eigenvalue weighted by Crippen LogP contribution is 2.19. The highest BCUT2D eigenvalue weighted by Gasteiger charge is 2.18. The summed E-state index contributed by atoms with van der Waals surface area (Å²) >= 11 is 0. The van der Waals surface area contributed by atoms with Crippen molar-refractivity contribution in [3.8, 4) is 11.5 Å². The fourth-order valence-electron chi connectivity index (χ4n) is 3.59. The van der Waals surface area contributed by atoms with Crippen molar-refractivity contribution in [1.29, 1.82) is 0 Å². The Hall–Kier alpha value is -4.93. The maximum atomic E-state index is 12.7. The zero-order valence-corrected chi connectivity index (χ0v) is 18.0. The van der Waals surface area contributed by atoms with Gasteiger partial charge in [-0.3, -0.25) is 19.5 Å². The van der Waals surface area contributed by atoms with Crippen LogP contribution in [0.5, 0.6) is 0 Å². The number of carbonyl (C=O) groups excluding carboxylic acids is 1. The normalized spacial score (nSPS) is 11.0. The summed E-state index contributed by atoms with van der Waals surface area (Å²) in [4.78, 5) is 32.1. The molecule has 2 aromatic carbocycles. The van der Waals surface area contributed by atoms with Gasteiger partial charge < -0.3 is 5.32 Å². The molecule has 0 saturated heterocycles. The molecule has 0 aliphatic rings. The highest BCUT2D eigenvalue weighted by molar-refractivity contribution is 5.93. The summed E-state index contributed by atoms with van der Waals surface area (Å²) in [6, 6.07) is 17.5. The molecule has 5 rings (SSSR count). The molecule has 0 aliphatic heterocycles. The minimum Gasteiger partial charge on any atom is -0.346 e. The van der Waals surface area contributed by atoms with Crippen LogP contribution in [0.3, 0.4) is 0 Å². The minimum absolute atomic E-state index is 0.0713. The lowest BCUT2D eigenvalue weighted by molar-refractivity contribution is -0.384. The number of amides is 1. The number of rotatable bonds is 6. The monoisotopic (exact) mass is 454 g/mol. The largest absolute Gasteiger partial charge is 0.346 e. The number of benzene rings is 2. The third-order valence-corrected chi connectivity index (χ3v) is 5.36. The van der Waals surface area contributed by atoms with Crippen LogP contribution < -0.4 is 5.32 Å². The molecule has 0 aliphatic carbocycles. The van der Waals surface area contributed by atoms with E-state index in [0.29, 0.717) is 11.4 Å². The van der Waals surface area contributed by atoms with Crippen LogP contribution in [0.15, 0.2) is 73.2 Å². The van der Waals surface area contributed by atoms with Gasteiger partial charge in [0.15, 0.2) is 5.69 Å². The van der Waals surface area contributed by atoms with Gasteiger partial charge in [0.25, 0.3) is 11.6 Å². The quantitative estimate of drug-likeness (QED) is 0.308. The van der Waals surface area contributed by atoms with Crippen LogP contribution in [0.4, 0.5) is 5.69 Å². The molecule has 11 heteroatoms. The first-order chi connectivity index (χ1) is 16.5. The summed E-state index contributed by atoms with van der Waals surface area (Å²) in [6.45, 7) is 1.93. The van der Waals surface area contributed by atoms with E-state index in [4.69, 9.17) is 0 Å². The molecule has 3 heterocycles. The summed E-state index contributed by atoms with van der Waals surface area (Å²) in [5.41, 5.74) is 3.64. The number of fused-ring (bicyclic) bond motifs is 1. The molecule has 0 spiro atoms. The van der Waals surface area contributed by atoms with E-state index in [1.54, 1.807) is 31.6 Å². The van der Waals surface area contributed by atoms with Gasteiger partial charge in [0, 0.05) is 24.9 Å². The fourth-order valence-corrected chi connectivity index (χ4v) is 3.59. The van der Waals surface area contributed by atoms with Gasteiger partial charge in [-0.05, 0) is 36.8 Å². The van der Waals surface area contributed by atoms with Crippen molar-refractivity contribution < 1.29 is 9.72 Å². The summed E-state index contributed by atoms with van der Waals surface area (Å²) in [7, 11) is 0. The third kappa shape index (κ3) is 3.86. The maximum absolute atomic E-state index is 12.7. The smallest absolute Gasteiger partial charge is 0.274 e. The molecule has 0 bridgehead atoms. The second kappa shape index (κ2) is 8.54. The zero-order valence-electron chi connectivity index (χ0n) is 18.0. The maximum Gasteiger partial charge on any atom is 0.274 e. The Morgan fingerprint density at radius 3 is 2.74 bits per heavy atom. The molecule has 0 atom stereocenters. The average molecular weight is 454 g/mol. The summed E-state index contributed by atoms with van der Waals surface area (Å²) in [5, 5.41) is 21.8. The first-order valence-corrected chi connectivity index (χ1v) is 10.3. The van der Waals surface area contributed by atoms with Gasteiger partial charge in [0.2, 0.25) is 0 Å². The predicted molar refractivity (Wildman–Crippen MR) is 123 cm³/mol. The minimum atomic E-state index is -0.488. The Bertz CT molecular complexity index is 1520. The summed E-state index contributed by atoms with van der Waals surface area (Å²) < 4.78 is 3.29. The van der Waals surface area contributed by atoms with Crippen LogP contribution in [0, 0.1) is 17.0 Å². The van der Waals surface area contributed by atoms with Crippen LogP contribution in [0.2, 0.25) is 0 Å². The van der Waals surface area contributed by atoms with Gasteiger partial charge in [-0.15, -0.1) is 5.10 Å². The molecule has 3 aromatic heterocycles. The number of imidazole rings is 1. The predicted octanol–water partition coefficient (Wildman–Crippen LogP) is 3.15. The SMILES string of the molecule is Cc1c(C(=O)NCc2ccc(-n3cnc4ccccc43)nc2)nnn1-c1cccc([N+](=O)[O-])c1. The molecule has 1 amide bonds. The van der Waals surface area contributed by atoms with E-state index >= 15 is 0 Å². The molecule has 168 valence electrons. The van der Waals surface area contributed by atoms with Crippen molar-refractivity contribution in [1.82, 2.24) is 34.8 Å². The van der Waals surface area contributed by atoms with Crippen LogP contribution in [0.25, 0.3) is 22.5 Å². The first-order valence-electron chi connectivity index (χ1n) is 10.3. The zero-order chi connectivity index (χ0) is 23.7. The lowest BCUT2D eigenvalue weighted by Crippen LogP contribution is -2.24. The Morgan fingerprint density at radius 2 is 1.94 bits per heavy atom. The summed E-state index contributed by atoms with van der Waals surface area (Å²) in [5.74, 6) is 0.318. The van der Waals surface area contributed by atoms with E-state index in [9.17, 15) is 14.9 Å². The Labute approximate surface area is 192 Å². The van der Waals surface area contributed by atoms with E-state index in [1.807, 2.05) is 41.0 Å². The number of aromatic nitrogens is 6. The lowest BCUT2D eigenvalue weighted by atomic mass is 10.2. The molecular weight excluding hydrogens is 436 g/mol. The van der Waals surface area contributed by atoms with Gasteiger partial charge in [0.1, 0.15) is 12.1 Å². The second-order valence-corrected chi connectivity index (χ2v) is 7.52. The average Bonchev–Trinajstić information content (AvgIpc) is 3.47. The van der Waals surface area contributed by atoms with Gasteiger partial charge in [-0.25, -0.2) is 14.6 Å². The molecule has 1 N–H and O–H groups in total. The van der Waals surface area contributed by atoms with E-state index in [0.717, 1.165) is 22.4 Å². The molecule has 0 saturated carbocycles. The Kier molecular flexibility index (Phi) is 5.26. The number of carbonyl (C=O) groups is 1. The van der Waals surface area contributed by atoms with Crippen molar-refractivity contribution >= 4 is 22.6 Å². The van der Waals surface area contributed by atoms with Crippen LogP contribution in [-0.4, -0.2) is 40.4 Å². The van der Waals surface area contributed by atoms with Crippen LogP contribution >= 0.6 is 0 Å². The number of hydrogen-bond donors (Lipinski definition) is 1. The molecule has 0 fully saturated rings. The van der Waals surface area contributed by atoms with Gasteiger partial charge in [-0.2, -0.15) is 0 Å². The number of nitrogens with one attached hydrogen (secondary N) is 1. The van der Waals surface area contributed by atoms with E-state index in [-0.39, 0.29) is 17.9 Å². The fraction of sp³-hybridized carbons (Fsp3) is 0.0870. The first kappa shape index (κ1) is 20.9. The van der Waals surface area contributed by atoms with Gasteiger partial charge in [-0.1, -0.05) is 29.5 Å². The molecular formula is C23H18N8O3. The number of nitro groups is 1. The van der Waals surface area contributed by atoms with Gasteiger partial charge in [0.05, 0.1) is 27.3 Å². The van der Waals surface area contributed by atoms with Crippen molar-refractivity contribution in [2.45, 2.75) is 13.5 Å². The summed E-state index contributed by atoms with van der Waals surface area (Å²) in [6.07, 6.45) is 3.42. The molecule has 11 nitrogen and oxygen atoms in total. The van der Waals surface area contributed by atoms with Crippen LogP contribution in [-0.2, 0) is 6.54 Å². The second-order valence-electron chi connectivity index (χ2n) is 7.52. The number of non-ortho nitro benzene ring substituents is 1. The number of pyridine rings is 1. The topological polar surface area (TPSA) is 134 Å². The van der Waals surface area contributed by atoms with Crippen molar-refractivity contribution in [2.24, 2.45) is 0 Å². The van der Waals surface area contributed by atoms with Crippen molar-refractivity contribution in [3.63, 3.8) is 0 Å². The molecule has 0 unspecified atom stereocenters. The van der Waals surface area contributed by atoms with Crippen molar-refractivity contribution in [2.75, 3.05) is 0 Å². The van der Waals surface area contributed by atoms with Crippen molar-refractivity contribution in [3.05, 3.63) is 100 Å². The Balaban J connectivity index is 1.29. The molecule has 5 aromatic rings. The van der Waals surface area contributed by atoms with Gasteiger partial charge >= 0.3 is 0 Å².